The quantitative estimate of drug-likeness (QED) is 0.783. The molecular weight excluding hydrogens is 271 g/mol. The van der Waals surface area contributed by atoms with Crippen LogP contribution < -0.4 is 10.5 Å². The summed E-state index contributed by atoms with van der Waals surface area (Å²) in [6.45, 7) is 0. The minimum absolute atomic E-state index is 0.0271. The highest BCUT2D eigenvalue weighted by Crippen LogP contribution is 2.29. The molecule has 5 nitrogen and oxygen atoms in total. The van der Waals surface area contributed by atoms with Crippen LogP contribution in [-0.2, 0) is 0 Å². The Morgan fingerprint density at radius 1 is 1.37 bits per heavy atom. The molecule has 0 saturated carbocycles. The van der Waals surface area contributed by atoms with Crippen molar-refractivity contribution in [2.24, 2.45) is 0 Å². The molecule has 7 heteroatoms. The molecule has 0 unspecified atom stereocenters. The van der Waals surface area contributed by atoms with E-state index >= 15 is 0 Å². The van der Waals surface area contributed by atoms with E-state index in [-0.39, 0.29) is 22.5 Å². The number of aromatic nitrogens is 3. The summed E-state index contributed by atoms with van der Waals surface area (Å²) < 4.78 is 20.8. The smallest absolute Gasteiger partial charge is 0.265 e. The molecule has 19 heavy (non-hydrogen) atoms. The maximum Gasteiger partial charge on any atom is 0.265 e. The summed E-state index contributed by atoms with van der Waals surface area (Å²) in [5, 5.41) is -0.0271. The van der Waals surface area contributed by atoms with Crippen molar-refractivity contribution in [3.8, 4) is 11.6 Å². The molecule has 0 spiro atoms. The van der Waals surface area contributed by atoms with Crippen LogP contribution in [0.15, 0.2) is 36.8 Å². The average Bonchev–Trinajstić information content (AvgIpc) is 2.83. The van der Waals surface area contributed by atoms with Gasteiger partial charge in [-0.1, -0.05) is 17.7 Å². The minimum atomic E-state index is -0.655. The van der Waals surface area contributed by atoms with E-state index in [2.05, 4.69) is 9.97 Å². The molecule has 0 bridgehead atoms. The predicted octanol–water partition coefficient (Wildman–Crippen LogP) is 2.90. The monoisotopic (exact) mass is 278 g/mol. The van der Waals surface area contributed by atoms with Gasteiger partial charge in [0, 0.05) is 12.4 Å². The lowest BCUT2D eigenvalue weighted by atomic mass is 10.3. The highest BCUT2D eigenvalue weighted by molar-refractivity contribution is 6.30. The Balaban J connectivity index is 2.10. The Labute approximate surface area is 112 Å². The Hall–Kier alpha value is -2.34. The molecule has 0 atom stereocenters. The first-order valence-electron chi connectivity index (χ1n) is 5.36. The molecule has 0 saturated heterocycles. The molecule has 0 fully saturated rings. The summed E-state index contributed by atoms with van der Waals surface area (Å²) >= 11 is 5.69. The number of halogens is 2. The van der Waals surface area contributed by atoms with Crippen molar-refractivity contribution < 1.29 is 9.13 Å². The van der Waals surface area contributed by atoms with Gasteiger partial charge in [0.15, 0.2) is 11.6 Å². The van der Waals surface area contributed by atoms with E-state index in [1.165, 1.54) is 12.1 Å². The fourth-order valence-electron chi connectivity index (χ4n) is 1.66. The fraction of sp³-hybridized carbons (Fsp3) is 0. The van der Waals surface area contributed by atoms with Crippen LogP contribution in [0.25, 0.3) is 5.65 Å². The summed E-state index contributed by atoms with van der Waals surface area (Å²) in [4.78, 5) is 8.07. The van der Waals surface area contributed by atoms with E-state index in [0.29, 0.717) is 5.65 Å². The molecule has 0 aliphatic carbocycles. The van der Waals surface area contributed by atoms with Crippen molar-refractivity contribution in [2.75, 3.05) is 5.73 Å². The Morgan fingerprint density at radius 3 is 3.05 bits per heavy atom. The second kappa shape index (κ2) is 4.40. The number of ether oxygens (including phenoxy) is 1. The Morgan fingerprint density at radius 2 is 2.21 bits per heavy atom. The van der Waals surface area contributed by atoms with Gasteiger partial charge in [0.2, 0.25) is 5.65 Å². The molecule has 0 radical (unpaired) electrons. The molecule has 0 aliphatic heterocycles. The topological polar surface area (TPSA) is 65.4 Å². The lowest BCUT2D eigenvalue weighted by Crippen LogP contribution is -1.99. The van der Waals surface area contributed by atoms with Gasteiger partial charge >= 0.3 is 0 Å². The SMILES string of the molecule is Nc1cn2ccnc2c(Oc2cccc(Cl)c2F)n1. The third-order valence-corrected chi connectivity index (χ3v) is 2.78. The number of fused-ring (bicyclic) bond motifs is 1. The van der Waals surface area contributed by atoms with Crippen molar-refractivity contribution in [3.05, 3.63) is 47.6 Å². The number of benzene rings is 1. The first-order chi connectivity index (χ1) is 9.15. The van der Waals surface area contributed by atoms with Crippen LogP contribution in [0, 0.1) is 5.82 Å². The maximum atomic E-state index is 13.8. The van der Waals surface area contributed by atoms with Crippen LogP contribution in [0.5, 0.6) is 11.6 Å². The average molecular weight is 279 g/mol. The third kappa shape index (κ3) is 2.06. The molecule has 3 rings (SSSR count). The zero-order valence-corrected chi connectivity index (χ0v) is 10.3. The Bertz CT molecular complexity index is 759. The molecule has 3 aromatic rings. The summed E-state index contributed by atoms with van der Waals surface area (Å²) in [7, 11) is 0. The molecular formula is C12H8ClFN4O. The summed E-state index contributed by atoms with van der Waals surface area (Å²) in [6, 6.07) is 4.46. The number of hydrogen-bond donors (Lipinski definition) is 1. The van der Waals surface area contributed by atoms with Crippen LogP contribution in [0.2, 0.25) is 5.02 Å². The lowest BCUT2D eigenvalue weighted by Gasteiger charge is -2.08. The van der Waals surface area contributed by atoms with Crippen molar-refractivity contribution in [2.45, 2.75) is 0 Å². The van der Waals surface area contributed by atoms with E-state index in [0.717, 1.165) is 0 Å². The van der Waals surface area contributed by atoms with Crippen LogP contribution >= 0.6 is 11.6 Å². The van der Waals surface area contributed by atoms with Crippen LogP contribution in [0.4, 0.5) is 10.2 Å². The normalized spacial score (nSPS) is 10.8. The number of nitrogen functional groups attached to an aromatic ring is 1. The predicted molar refractivity (Wildman–Crippen MR) is 68.9 cm³/mol. The van der Waals surface area contributed by atoms with E-state index in [1.807, 2.05) is 0 Å². The van der Waals surface area contributed by atoms with E-state index in [9.17, 15) is 4.39 Å². The first-order valence-corrected chi connectivity index (χ1v) is 5.74. The van der Waals surface area contributed by atoms with Gasteiger partial charge in [0.1, 0.15) is 5.82 Å². The molecule has 2 N–H and O–H groups in total. The molecule has 1 aromatic carbocycles. The van der Waals surface area contributed by atoms with E-state index in [1.54, 1.807) is 29.1 Å². The number of nitrogens with zero attached hydrogens (tertiary/aromatic N) is 3. The standard InChI is InChI=1S/C12H8ClFN4O/c13-7-2-1-3-8(10(7)14)19-12-11-16-4-5-18(11)6-9(15)17-12/h1-6H,15H2. The summed E-state index contributed by atoms with van der Waals surface area (Å²) in [5.41, 5.74) is 6.08. The fourth-order valence-corrected chi connectivity index (χ4v) is 1.82. The van der Waals surface area contributed by atoms with Crippen LogP contribution in [0.3, 0.4) is 0 Å². The van der Waals surface area contributed by atoms with Crippen molar-refractivity contribution in [1.82, 2.24) is 14.4 Å². The highest BCUT2D eigenvalue weighted by Gasteiger charge is 2.13. The largest absolute Gasteiger partial charge is 0.433 e. The molecule has 0 aliphatic rings. The Kier molecular flexibility index (Phi) is 2.72. The number of anilines is 1. The number of hydrogen-bond acceptors (Lipinski definition) is 4. The van der Waals surface area contributed by atoms with Gasteiger partial charge in [-0.05, 0) is 12.1 Å². The maximum absolute atomic E-state index is 13.8. The first kappa shape index (κ1) is 11.7. The number of imidazole rings is 1. The van der Waals surface area contributed by atoms with Gasteiger partial charge in [-0.15, -0.1) is 0 Å². The van der Waals surface area contributed by atoms with E-state index < -0.39 is 5.82 Å². The third-order valence-electron chi connectivity index (χ3n) is 2.48. The lowest BCUT2D eigenvalue weighted by molar-refractivity contribution is 0.430. The number of nitrogens with two attached hydrogens (primary N) is 1. The van der Waals surface area contributed by atoms with Gasteiger partial charge in [0.05, 0.1) is 11.2 Å². The molecule has 2 aromatic heterocycles. The zero-order valence-electron chi connectivity index (χ0n) is 9.55. The van der Waals surface area contributed by atoms with Crippen molar-refractivity contribution in [1.29, 1.82) is 0 Å². The van der Waals surface area contributed by atoms with Gasteiger partial charge in [-0.3, -0.25) is 4.40 Å². The van der Waals surface area contributed by atoms with Crippen LogP contribution in [-0.4, -0.2) is 14.4 Å². The van der Waals surface area contributed by atoms with Crippen molar-refractivity contribution >= 4 is 23.1 Å². The van der Waals surface area contributed by atoms with Crippen molar-refractivity contribution in [3.63, 3.8) is 0 Å². The molecule has 2 heterocycles. The minimum Gasteiger partial charge on any atom is -0.433 e. The van der Waals surface area contributed by atoms with Gasteiger partial charge in [0.25, 0.3) is 5.88 Å². The number of rotatable bonds is 2. The zero-order chi connectivity index (χ0) is 13.4. The van der Waals surface area contributed by atoms with E-state index in [4.69, 9.17) is 22.1 Å². The van der Waals surface area contributed by atoms with Gasteiger partial charge < -0.3 is 10.5 Å². The molecule has 0 amide bonds. The second-order valence-corrected chi connectivity index (χ2v) is 4.19. The summed E-state index contributed by atoms with van der Waals surface area (Å²) in [6.07, 6.45) is 4.84. The molecule has 96 valence electrons. The second-order valence-electron chi connectivity index (χ2n) is 3.78. The van der Waals surface area contributed by atoms with Gasteiger partial charge in [-0.2, -0.15) is 4.98 Å². The summed E-state index contributed by atoms with van der Waals surface area (Å²) in [5.74, 6) is -0.331. The highest BCUT2D eigenvalue weighted by atomic mass is 35.5. The van der Waals surface area contributed by atoms with Crippen LogP contribution in [0.1, 0.15) is 0 Å². The van der Waals surface area contributed by atoms with Gasteiger partial charge in [-0.25, -0.2) is 9.37 Å².